The number of ether oxygens (including phenoxy) is 2. The number of benzene rings is 1. The molecule has 2 aliphatic rings. The number of hydrogen-bond acceptors (Lipinski definition) is 6. The topological polar surface area (TPSA) is 79.2 Å². The van der Waals surface area contributed by atoms with Gasteiger partial charge in [-0.15, -0.1) is 11.3 Å². The van der Waals surface area contributed by atoms with E-state index in [-0.39, 0.29) is 6.61 Å². The number of thiophene rings is 1. The lowest BCUT2D eigenvalue weighted by molar-refractivity contribution is -0.362. The Morgan fingerprint density at radius 1 is 1.21 bits per heavy atom. The standard InChI is InChI=1S/C21H25ClO5S/c1-4-17-10(2)5-14(28-17)6-12-7-15-13(8-16(12)22)9-26-21(15)20(25)19(24)18(23)11(3)27-21/h5,7-8,11,18-20,23-25H,4,6,9H2,1-3H3/t11-,18-,19+,20-,21+/m1/s1. The quantitative estimate of drug-likeness (QED) is 0.705. The largest absolute Gasteiger partial charge is 0.388 e. The summed E-state index contributed by atoms with van der Waals surface area (Å²) in [7, 11) is 0. The van der Waals surface area contributed by atoms with Crippen LogP contribution in [0.2, 0.25) is 5.02 Å². The summed E-state index contributed by atoms with van der Waals surface area (Å²) < 4.78 is 11.8. The molecule has 4 rings (SSSR count). The third-order valence-electron chi connectivity index (χ3n) is 5.75. The van der Waals surface area contributed by atoms with Gasteiger partial charge in [0.1, 0.15) is 18.3 Å². The lowest BCUT2D eigenvalue weighted by Crippen LogP contribution is -2.62. The number of fused-ring (bicyclic) bond motifs is 2. The van der Waals surface area contributed by atoms with Gasteiger partial charge in [0.15, 0.2) is 0 Å². The van der Waals surface area contributed by atoms with E-state index in [9.17, 15) is 15.3 Å². The fourth-order valence-electron chi connectivity index (χ4n) is 4.16. The zero-order chi connectivity index (χ0) is 20.2. The molecule has 0 saturated carbocycles. The van der Waals surface area contributed by atoms with Gasteiger partial charge in [0, 0.05) is 26.8 Å². The molecule has 1 fully saturated rings. The summed E-state index contributed by atoms with van der Waals surface area (Å²) in [6, 6.07) is 5.94. The highest BCUT2D eigenvalue weighted by atomic mass is 35.5. The third kappa shape index (κ3) is 3.12. The van der Waals surface area contributed by atoms with E-state index in [1.54, 1.807) is 18.3 Å². The lowest BCUT2D eigenvalue weighted by atomic mass is 9.87. The van der Waals surface area contributed by atoms with Gasteiger partial charge in [-0.05, 0) is 55.2 Å². The molecule has 3 heterocycles. The number of rotatable bonds is 3. The normalized spacial score (nSPS) is 32.1. The van der Waals surface area contributed by atoms with Gasteiger partial charge in [-0.3, -0.25) is 0 Å². The van der Waals surface area contributed by atoms with Crippen molar-refractivity contribution in [2.45, 2.75) is 70.4 Å². The summed E-state index contributed by atoms with van der Waals surface area (Å²) in [6.45, 7) is 6.14. The molecule has 0 radical (unpaired) electrons. The van der Waals surface area contributed by atoms with Crippen LogP contribution in [0.1, 0.15) is 45.9 Å². The highest BCUT2D eigenvalue weighted by Crippen LogP contribution is 2.47. The first-order chi connectivity index (χ1) is 13.3. The minimum Gasteiger partial charge on any atom is -0.388 e. The molecule has 0 aliphatic carbocycles. The van der Waals surface area contributed by atoms with E-state index < -0.39 is 30.2 Å². The van der Waals surface area contributed by atoms with Crippen LogP contribution in [0.4, 0.5) is 0 Å². The molecule has 7 heteroatoms. The van der Waals surface area contributed by atoms with Crippen molar-refractivity contribution in [1.29, 1.82) is 0 Å². The van der Waals surface area contributed by atoms with Gasteiger partial charge in [-0.2, -0.15) is 0 Å². The van der Waals surface area contributed by atoms with Crippen LogP contribution in [0.5, 0.6) is 0 Å². The first kappa shape index (κ1) is 20.3. The molecule has 152 valence electrons. The van der Waals surface area contributed by atoms with Crippen LogP contribution in [0, 0.1) is 6.92 Å². The van der Waals surface area contributed by atoms with Gasteiger partial charge in [-0.25, -0.2) is 0 Å². The summed E-state index contributed by atoms with van der Waals surface area (Å²) in [6.07, 6.45) is -2.95. The Labute approximate surface area is 173 Å². The van der Waals surface area contributed by atoms with Crippen LogP contribution in [0.15, 0.2) is 18.2 Å². The van der Waals surface area contributed by atoms with E-state index in [0.717, 1.165) is 17.5 Å². The first-order valence-electron chi connectivity index (χ1n) is 9.52. The zero-order valence-corrected chi connectivity index (χ0v) is 17.7. The Bertz CT molecular complexity index is 897. The molecule has 3 N–H and O–H groups in total. The minimum absolute atomic E-state index is 0.222. The number of aryl methyl sites for hydroxylation is 2. The van der Waals surface area contributed by atoms with E-state index in [1.807, 2.05) is 12.1 Å². The summed E-state index contributed by atoms with van der Waals surface area (Å²) in [5.41, 5.74) is 3.69. The Morgan fingerprint density at radius 2 is 1.96 bits per heavy atom. The van der Waals surface area contributed by atoms with Crippen LogP contribution >= 0.6 is 22.9 Å². The second kappa shape index (κ2) is 7.36. The van der Waals surface area contributed by atoms with Gasteiger partial charge in [0.05, 0.1) is 12.7 Å². The highest BCUT2D eigenvalue weighted by Gasteiger charge is 2.57. The van der Waals surface area contributed by atoms with Crippen molar-refractivity contribution >= 4 is 22.9 Å². The van der Waals surface area contributed by atoms with E-state index in [4.69, 9.17) is 21.1 Å². The van der Waals surface area contributed by atoms with E-state index in [1.165, 1.54) is 15.3 Å². The zero-order valence-electron chi connectivity index (χ0n) is 16.1. The third-order valence-corrected chi connectivity index (χ3v) is 7.49. The average Bonchev–Trinajstić information content (AvgIpc) is 3.19. The Kier molecular flexibility index (Phi) is 5.33. The summed E-state index contributed by atoms with van der Waals surface area (Å²) in [4.78, 5) is 2.59. The molecule has 5 atom stereocenters. The molecular weight excluding hydrogens is 400 g/mol. The maximum absolute atomic E-state index is 10.7. The van der Waals surface area contributed by atoms with Crippen molar-refractivity contribution in [3.05, 3.63) is 55.2 Å². The summed E-state index contributed by atoms with van der Waals surface area (Å²) >= 11 is 8.32. The Hall–Kier alpha value is -0.990. The first-order valence-corrected chi connectivity index (χ1v) is 10.7. The molecule has 0 unspecified atom stereocenters. The molecule has 1 saturated heterocycles. The molecule has 2 aliphatic heterocycles. The number of aliphatic hydroxyl groups is 3. The van der Waals surface area contributed by atoms with Crippen molar-refractivity contribution in [2.24, 2.45) is 0 Å². The van der Waals surface area contributed by atoms with Crippen LogP contribution < -0.4 is 0 Å². The predicted molar refractivity (Wildman–Crippen MR) is 108 cm³/mol. The SMILES string of the molecule is CCc1sc(Cc2cc3c(cc2Cl)CO[C@]32O[C@H](C)[C@@H](O)[C@H](O)[C@H]2O)cc1C. The molecule has 1 spiro atoms. The fraction of sp³-hybridized carbons (Fsp3) is 0.524. The van der Waals surface area contributed by atoms with Crippen LogP contribution in [0.25, 0.3) is 0 Å². The second-order valence-corrected chi connectivity index (χ2v) is 9.28. The van der Waals surface area contributed by atoms with Gasteiger partial charge in [0.25, 0.3) is 0 Å². The summed E-state index contributed by atoms with van der Waals surface area (Å²) in [5, 5.41) is 31.7. The molecule has 28 heavy (non-hydrogen) atoms. The molecule has 1 aromatic heterocycles. The maximum Gasteiger partial charge on any atom is 0.225 e. The van der Waals surface area contributed by atoms with Crippen molar-refractivity contribution in [2.75, 3.05) is 0 Å². The molecule has 2 aromatic rings. The van der Waals surface area contributed by atoms with Crippen molar-refractivity contribution in [3.63, 3.8) is 0 Å². The van der Waals surface area contributed by atoms with Gasteiger partial charge >= 0.3 is 0 Å². The van der Waals surface area contributed by atoms with Gasteiger partial charge < -0.3 is 24.8 Å². The highest BCUT2D eigenvalue weighted by molar-refractivity contribution is 7.12. The fourth-order valence-corrected chi connectivity index (χ4v) is 5.56. The van der Waals surface area contributed by atoms with Crippen molar-refractivity contribution in [1.82, 2.24) is 0 Å². The van der Waals surface area contributed by atoms with Gasteiger partial charge in [0.2, 0.25) is 5.79 Å². The maximum atomic E-state index is 10.7. The molecule has 1 aromatic carbocycles. The van der Waals surface area contributed by atoms with E-state index in [0.29, 0.717) is 17.0 Å². The molecule has 5 nitrogen and oxygen atoms in total. The van der Waals surface area contributed by atoms with Crippen LogP contribution in [0.3, 0.4) is 0 Å². The molecule has 0 amide bonds. The minimum atomic E-state index is -1.49. The monoisotopic (exact) mass is 424 g/mol. The smallest absolute Gasteiger partial charge is 0.225 e. The predicted octanol–water partition coefficient (Wildman–Crippen LogP) is 3.05. The summed E-state index contributed by atoms with van der Waals surface area (Å²) in [5.74, 6) is -1.49. The number of halogens is 1. The van der Waals surface area contributed by atoms with Crippen LogP contribution in [-0.2, 0) is 34.7 Å². The van der Waals surface area contributed by atoms with E-state index in [2.05, 4.69) is 19.9 Å². The lowest BCUT2D eigenvalue weighted by Gasteiger charge is -2.45. The Morgan fingerprint density at radius 3 is 2.64 bits per heavy atom. The molecule has 0 bridgehead atoms. The van der Waals surface area contributed by atoms with Gasteiger partial charge in [-0.1, -0.05) is 18.5 Å². The number of hydrogen-bond donors (Lipinski definition) is 3. The average molecular weight is 425 g/mol. The van der Waals surface area contributed by atoms with Crippen LogP contribution in [-0.4, -0.2) is 39.7 Å². The van der Waals surface area contributed by atoms with Crippen molar-refractivity contribution in [3.8, 4) is 0 Å². The van der Waals surface area contributed by atoms with Crippen molar-refractivity contribution < 1.29 is 24.8 Å². The second-order valence-electron chi connectivity index (χ2n) is 7.66. The van der Waals surface area contributed by atoms with E-state index >= 15 is 0 Å². The number of aliphatic hydroxyl groups excluding tert-OH is 3. The molecular formula is C21H25ClO5S. The Balaban J connectivity index is 1.73.